The lowest BCUT2D eigenvalue weighted by atomic mass is 9.92. The first-order valence-electron chi connectivity index (χ1n) is 8.07. The molecule has 0 bridgehead atoms. The fraction of sp³-hybridized carbons (Fsp3) is 0.588. The molecule has 0 saturated heterocycles. The standard InChI is InChI=1S/C17H22N2OS/c1-2-6-13-12(5-1)9-10-20-16(13)11-21-17-18-14-7-3-4-8-15(14)19-17/h1-2,5-6,14-16H,3-4,7-11H2,(H,18,19). The van der Waals surface area contributed by atoms with Crippen LogP contribution in [0.2, 0.25) is 0 Å². The van der Waals surface area contributed by atoms with Crippen LogP contribution in [0.15, 0.2) is 29.3 Å². The number of aliphatic imine (C=N–C) groups is 1. The van der Waals surface area contributed by atoms with Gasteiger partial charge >= 0.3 is 0 Å². The average Bonchev–Trinajstić information content (AvgIpc) is 2.96. The fourth-order valence-corrected chi connectivity index (χ4v) is 4.66. The molecule has 1 aromatic rings. The van der Waals surface area contributed by atoms with Crippen LogP contribution in [0.3, 0.4) is 0 Å². The summed E-state index contributed by atoms with van der Waals surface area (Å²) in [4.78, 5) is 4.86. The fourth-order valence-electron chi connectivity index (χ4n) is 3.63. The van der Waals surface area contributed by atoms with Crippen molar-refractivity contribution in [2.24, 2.45) is 4.99 Å². The Hall–Kier alpha value is -1.00. The maximum atomic E-state index is 5.98. The number of hydrogen-bond donors (Lipinski definition) is 1. The highest BCUT2D eigenvalue weighted by Gasteiger charge is 2.31. The minimum atomic E-state index is 0.215. The van der Waals surface area contributed by atoms with Crippen LogP contribution in [-0.4, -0.2) is 29.6 Å². The molecule has 1 N–H and O–H groups in total. The predicted octanol–water partition coefficient (Wildman–Crippen LogP) is 3.30. The van der Waals surface area contributed by atoms with Gasteiger partial charge in [-0.25, -0.2) is 0 Å². The third-order valence-electron chi connectivity index (χ3n) is 4.79. The third-order valence-corrected chi connectivity index (χ3v) is 5.75. The molecule has 0 aromatic heterocycles. The molecule has 0 radical (unpaired) electrons. The van der Waals surface area contributed by atoms with Crippen molar-refractivity contribution in [1.82, 2.24) is 5.32 Å². The molecule has 3 aliphatic rings. The van der Waals surface area contributed by atoms with Crippen LogP contribution in [0.5, 0.6) is 0 Å². The van der Waals surface area contributed by atoms with Crippen LogP contribution in [0.1, 0.15) is 42.9 Å². The summed E-state index contributed by atoms with van der Waals surface area (Å²) in [5.74, 6) is 0.961. The molecule has 3 atom stereocenters. The number of ether oxygens (including phenoxy) is 1. The Morgan fingerprint density at radius 1 is 1.24 bits per heavy atom. The molecular formula is C17H22N2OS. The minimum Gasteiger partial charge on any atom is -0.372 e. The first-order chi connectivity index (χ1) is 10.4. The van der Waals surface area contributed by atoms with Crippen LogP contribution >= 0.6 is 11.8 Å². The molecule has 2 aliphatic heterocycles. The molecule has 4 heteroatoms. The Morgan fingerprint density at radius 3 is 3.10 bits per heavy atom. The molecular weight excluding hydrogens is 280 g/mol. The molecule has 112 valence electrons. The van der Waals surface area contributed by atoms with E-state index < -0.39 is 0 Å². The van der Waals surface area contributed by atoms with E-state index in [2.05, 4.69) is 29.6 Å². The summed E-state index contributed by atoms with van der Waals surface area (Å²) in [7, 11) is 0. The first-order valence-corrected chi connectivity index (χ1v) is 9.05. The lowest BCUT2D eigenvalue weighted by Crippen LogP contribution is -2.36. The monoisotopic (exact) mass is 302 g/mol. The number of nitrogens with one attached hydrogen (secondary N) is 1. The highest BCUT2D eigenvalue weighted by atomic mass is 32.2. The Morgan fingerprint density at radius 2 is 2.14 bits per heavy atom. The normalized spacial score (nSPS) is 31.0. The maximum Gasteiger partial charge on any atom is 0.157 e. The van der Waals surface area contributed by atoms with Gasteiger partial charge in [0.25, 0.3) is 0 Å². The van der Waals surface area contributed by atoms with E-state index in [1.807, 2.05) is 11.8 Å². The van der Waals surface area contributed by atoms with E-state index >= 15 is 0 Å². The number of nitrogens with zero attached hydrogens (tertiary/aromatic N) is 1. The van der Waals surface area contributed by atoms with Crippen molar-refractivity contribution in [1.29, 1.82) is 0 Å². The van der Waals surface area contributed by atoms with Crippen molar-refractivity contribution in [3.8, 4) is 0 Å². The van der Waals surface area contributed by atoms with E-state index in [4.69, 9.17) is 9.73 Å². The summed E-state index contributed by atoms with van der Waals surface area (Å²) in [5, 5.41) is 4.75. The van der Waals surface area contributed by atoms with Crippen LogP contribution in [0, 0.1) is 0 Å². The lowest BCUT2D eigenvalue weighted by molar-refractivity contribution is 0.0589. The number of amidine groups is 1. The van der Waals surface area contributed by atoms with E-state index in [9.17, 15) is 0 Å². The number of benzene rings is 1. The van der Waals surface area contributed by atoms with Gasteiger partial charge in [-0.3, -0.25) is 4.99 Å². The quantitative estimate of drug-likeness (QED) is 0.910. The van der Waals surface area contributed by atoms with Crippen molar-refractivity contribution in [3.63, 3.8) is 0 Å². The van der Waals surface area contributed by atoms with Gasteiger partial charge in [-0.05, 0) is 30.4 Å². The van der Waals surface area contributed by atoms with Crippen LogP contribution in [0.25, 0.3) is 0 Å². The molecule has 0 amide bonds. The number of fused-ring (bicyclic) bond motifs is 2. The summed E-state index contributed by atoms with van der Waals surface area (Å²) in [6, 6.07) is 9.81. The molecule has 1 aliphatic carbocycles. The van der Waals surface area contributed by atoms with Gasteiger partial charge in [0, 0.05) is 5.75 Å². The first kappa shape index (κ1) is 13.6. The highest BCUT2D eigenvalue weighted by Crippen LogP contribution is 2.32. The SMILES string of the molecule is c1ccc2c(c1)CCOC2CSC1=NC2CCCCC2N1. The molecule has 1 fully saturated rings. The van der Waals surface area contributed by atoms with Gasteiger partial charge in [0.15, 0.2) is 5.17 Å². The van der Waals surface area contributed by atoms with Gasteiger partial charge in [0.1, 0.15) is 0 Å². The maximum absolute atomic E-state index is 5.98. The summed E-state index contributed by atoms with van der Waals surface area (Å²) >= 11 is 1.83. The minimum absolute atomic E-state index is 0.215. The number of rotatable bonds is 2. The van der Waals surface area contributed by atoms with Crippen molar-refractivity contribution >= 4 is 16.9 Å². The van der Waals surface area contributed by atoms with Gasteiger partial charge in [-0.2, -0.15) is 0 Å². The van der Waals surface area contributed by atoms with Gasteiger partial charge in [0.05, 0.1) is 24.8 Å². The molecule has 21 heavy (non-hydrogen) atoms. The molecule has 1 aromatic carbocycles. The second-order valence-electron chi connectivity index (χ2n) is 6.16. The van der Waals surface area contributed by atoms with Gasteiger partial charge in [-0.1, -0.05) is 48.9 Å². The predicted molar refractivity (Wildman–Crippen MR) is 87.9 cm³/mol. The third kappa shape index (κ3) is 2.84. The zero-order valence-corrected chi connectivity index (χ0v) is 13.1. The summed E-state index contributed by atoms with van der Waals surface area (Å²) in [6.07, 6.45) is 6.48. The zero-order valence-electron chi connectivity index (χ0n) is 12.3. The Balaban J connectivity index is 1.40. The van der Waals surface area contributed by atoms with E-state index in [1.54, 1.807) is 0 Å². The van der Waals surface area contributed by atoms with Gasteiger partial charge < -0.3 is 10.1 Å². The molecule has 3 nitrogen and oxygen atoms in total. The molecule has 4 rings (SSSR count). The lowest BCUT2D eigenvalue weighted by Gasteiger charge is -2.26. The van der Waals surface area contributed by atoms with E-state index in [0.717, 1.165) is 23.9 Å². The topological polar surface area (TPSA) is 33.6 Å². The molecule has 3 unspecified atom stereocenters. The van der Waals surface area contributed by atoms with Crippen molar-refractivity contribution in [2.75, 3.05) is 12.4 Å². The molecule has 2 heterocycles. The largest absolute Gasteiger partial charge is 0.372 e. The molecule has 0 spiro atoms. The van der Waals surface area contributed by atoms with Gasteiger partial charge in [-0.15, -0.1) is 0 Å². The average molecular weight is 302 g/mol. The number of thioether (sulfide) groups is 1. The smallest absolute Gasteiger partial charge is 0.157 e. The Labute approximate surface area is 130 Å². The highest BCUT2D eigenvalue weighted by molar-refractivity contribution is 8.13. The zero-order chi connectivity index (χ0) is 14.1. The van der Waals surface area contributed by atoms with Crippen molar-refractivity contribution in [3.05, 3.63) is 35.4 Å². The Bertz CT molecular complexity index is 545. The summed E-state index contributed by atoms with van der Waals surface area (Å²) in [5.41, 5.74) is 2.82. The van der Waals surface area contributed by atoms with E-state index in [-0.39, 0.29) is 6.10 Å². The van der Waals surface area contributed by atoms with E-state index in [0.29, 0.717) is 12.1 Å². The Kier molecular flexibility index (Phi) is 3.91. The van der Waals surface area contributed by atoms with Gasteiger partial charge in [0.2, 0.25) is 0 Å². The van der Waals surface area contributed by atoms with Crippen molar-refractivity contribution in [2.45, 2.75) is 50.3 Å². The second-order valence-corrected chi connectivity index (χ2v) is 7.16. The van der Waals surface area contributed by atoms with E-state index in [1.165, 1.54) is 36.8 Å². The van der Waals surface area contributed by atoms with Crippen molar-refractivity contribution < 1.29 is 4.74 Å². The van der Waals surface area contributed by atoms with Crippen LogP contribution in [0.4, 0.5) is 0 Å². The summed E-state index contributed by atoms with van der Waals surface area (Å²) in [6.45, 7) is 0.841. The molecule has 1 saturated carbocycles. The van der Waals surface area contributed by atoms with Crippen LogP contribution in [-0.2, 0) is 11.2 Å². The second kappa shape index (κ2) is 6.01. The summed E-state index contributed by atoms with van der Waals surface area (Å²) < 4.78 is 5.98. The number of hydrogen-bond acceptors (Lipinski definition) is 4. The van der Waals surface area contributed by atoms with Crippen LogP contribution < -0.4 is 5.32 Å².